The molecule has 2 N–H and O–H groups in total. The molecule has 84 valence electrons. The van der Waals surface area contributed by atoms with Crippen LogP contribution in [0, 0.1) is 0 Å². The number of amides is 1. The van der Waals surface area contributed by atoms with Gasteiger partial charge in [-0.1, -0.05) is 6.07 Å². The summed E-state index contributed by atoms with van der Waals surface area (Å²) in [5.74, 6) is -0.0482. The predicted molar refractivity (Wildman–Crippen MR) is 59.1 cm³/mol. The Kier molecular flexibility index (Phi) is 2.68. The third-order valence-corrected chi connectivity index (χ3v) is 2.32. The number of nitrogens with zero attached hydrogens (tertiary/aromatic N) is 1. The lowest BCUT2D eigenvalue weighted by atomic mass is 10.1. The molecule has 1 aliphatic heterocycles. The first-order valence-corrected chi connectivity index (χ1v) is 4.75. The third kappa shape index (κ3) is 1.67. The van der Waals surface area contributed by atoms with Gasteiger partial charge >= 0.3 is 0 Å². The maximum atomic E-state index is 11.2. The number of ether oxygens (including phenoxy) is 2. The molecule has 5 heteroatoms. The van der Waals surface area contributed by atoms with Crippen LogP contribution in [0.3, 0.4) is 0 Å². The normalized spacial score (nSPS) is 13.7. The molecule has 5 nitrogen and oxygen atoms in total. The van der Waals surface area contributed by atoms with Crippen molar-refractivity contribution in [2.24, 2.45) is 5.73 Å². The highest BCUT2D eigenvalue weighted by molar-refractivity contribution is 5.97. The second-order valence-corrected chi connectivity index (χ2v) is 3.27. The minimum atomic E-state index is -0.511. The molecule has 0 spiro atoms. The van der Waals surface area contributed by atoms with E-state index < -0.39 is 5.91 Å². The van der Waals surface area contributed by atoms with E-state index in [9.17, 15) is 4.79 Å². The lowest BCUT2D eigenvalue weighted by Crippen LogP contribution is -2.17. The first-order chi connectivity index (χ1) is 7.74. The van der Waals surface area contributed by atoms with Gasteiger partial charge in [0, 0.05) is 6.20 Å². The second-order valence-electron chi connectivity index (χ2n) is 3.27. The van der Waals surface area contributed by atoms with Gasteiger partial charge in [0.05, 0.1) is 18.4 Å². The van der Waals surface area contributed by atoms with Gasteiger partial charge in [0.1, 0.15) is 6.26 Å². The largest absolute Gasteiger partial charge is 0.494 e. The summed E-state index contributed by atoms with van der Waals surface area (Å²) in [6, 6.07) is 5.22. The van der Waals surface area contributed by atoms with Gasteiger partial charge in [0.15, 0.2) is 12.5 Å². The van der Waals surface area contributed by atoms with Crippen LogP contribution in [-0.2, 0) is 4.74 Å². The maximum absolute atomic E-state index is 11.2. The van der Waals surface area contributed by atoms with E-state index in [0.717, 1.165) is 5.69 Å². The van der Waals surface area contributed by atoms with Crippen LogP contribution in [-0.4, -0.2) is 19.7 Å². The quantitative estimate of drug-likeness (QED) is 0.827. The van der Waals surface area contributed by atoms with E-state index in [0.29, 0.717) is 18.0 Å². The molecule has 0 saturated heterocycles. The fourth-order valence-corrected chi connectivity index (χ4v) is 1.59. The molecule has 0 aromatic heterocycles. The van der Waals surface area contributed by atoms with Gasteiger partial charge in [0.2, 0.25) is 0 Å². The summed E-state index contributed by atoms with van der Waals surface area (Å²) in [6.45, 7) is 0.401. The summed E-state index contributed by atoms with van der Waals surface area (Å²) in [5.41, 5.74) is 6.39. The molecule has 1 heterocycles. The number of hydrogen-bond donors (Lipinski definition) is 1. The average Bonchev–Trinajstić information content (AvgIpc) is 2.81. The van der Waals surface area contributed by atoms with Gasteiger partial charge in [-0.25, -0.2) is 0 Å². The van der Waals surface area contributed by atoms with E-state index in [4.69, 9.17) is 15.2 Å². The summed E-state index contributed by atoms with van der Waals surface area (Å²) in [6.07, 6.45) is 3.35. The van der Waals surface area contributed by atoms with Crippen LogP contribution in [0.25, 0.3) is 0 Å². The molecular formula is C11H12N2O3. The molecule has 2 rings (SSSR count). The predicted octanol–water partition coefficient (Wildman–Crippen LogP) is 1.06. The highest BCUT2D eigenvalue weighted by atomic mass is 16.5. The van der Waals surface area contributed by atoms with Crippen LogP contribution >= 0.6 is 0 Å². The Morgan fingerprint density at radius 1 is 1.56 bits per heavy atom. The number of anilines is 1. The molecule has 0 atom stereocenters. The van der Waals surface area contributed by atoms with Crippen molar-refractivity contribution in [3.05, 3.63) is 36.2 Å². The zero-order valence-electron chi connectivity index (χ0n) is 8.84. The molecule has 1 amide bonds. The van der Waals surface area contributed by atoms with Crippen molar-refractivity contribution >= 4 is 11.6 Å². The van der Waals surface area contributed by atoms with Gasteiger partial charge in [-0.15, -0.1) is 0 Å². The molecular weight excluding hydrogens is 208 g/mol. The Bertz CT molecular complexity index is 443. The molecule has 0 unspecified atom stereocenters. The fourth-order valence-electron chi connectivity index (χ4n) is 1.59. The van der Waals surface area contributed by atoms with Crippen molar-refractivity contribution in [2.75, 3.05) is 18.7 Å². The Hall–Kier alpha value is -2.17. The van der Waals surface area contributed by atoms with Crippen molar-refractivity contribution in [3.8, 4) is 5.75 Å². The SMILES string of the molecule is COc1c(C(N)=O)cccc1N1C=COC1. The number of benzene rings is 1. The van der Waals surface area contributed by atoms with Crippen LogP contribution in [0.5, 0.6) is 5.75 Å². The minimum Gasteiger partial charge on any atom is -0.494 e. The summed E-state index contributed by atoms with van der Waals surface area (Å²) in [7, 11) is 1.51. The number of para-hydroxylation sites is 1. The number of hydrogen-bond acceptors (Lipinski definition) is 4. The van der Waals surface area contributed by atoms with Gasteiger partial charge in [-0.2, -0.15) is 0 Å². The van der Waals surface area contributed by atoms with Gasteiger partial charge in [-0.05, 0) is 12.1 Å². The first-order valence-electron chi connectivity index (χ1n) is 4.75. The van der Waals surface area contributed by atoms with E-state index >= 15 is 0 Å². The van der Waals surface area contributed by atoms with E-state index in [2.05, 4.69) is 0 Å². The molecule has 16 heavy (non-hydrogen) atoms. The number of methoxy groups -OCH3 is 1. The number of primary amides is 1. The molecule has 0 saturated carbocycles. The van der Waals surface area contributed by atoms with Crippen LogP contribution in [0.2, 0.25) is 0 Å². The Labute approximate surface area is 93.0 Å². The average molecular weight is 220 g/mol. The maximum Gasteiger partial charge on any atom is 0.252 e. The van der Waals surface area contributed by atoms with Gasteiger partial charge < -0.3 is 20.1 Å². The topological polar surface area (TPSA) is 64.8 Å². The number of rotatable bonds is 3. The van der Waals surface area contributed by atoms with Crippen molar-refractivity contribution in [3.63, 3.8) is 0 Å². The molecule has 1 aliphatic rings. The summed E-state index contributed by atoms with van der Waals surface area (Å²) < 4.78 is 10.3. The Morgan fingerprint density at radius 3 is 2.94 bits per heavy atom. The number of carbonyl (C=O) groups is 1. The Balaban J connectivity index is 2.48. The molecule has 0 aliphatic carbocycles. The molecule has 1 aromatic rings. The van der Waals surface area contributed by atoms with E-state index in [1.807, 2.05) is 11.0 Å². The molecule has 0 radical (unpaired) electrons. The zero-order chi connectivity index (χ0) is 11.5. The summed E-state index contributed by atoms with van der Waals surface area (Å²) in [4.78, 5) is 13.0. The molecule has 0 bridgehead atoms. The number of nitrogens with two attached hydrogens (primary N) is 1. The highest BCUT2D eigenvalue weighted by Crippen LogP contribution is 2.32. The van der Waals surface area contributed by atoms with Gasteiger partial charge in [-0.3, -0.25) is 4.79 Å². The van der Waals surface area contributed by atoms with Gasteiger partial charge in [0.25, 0.3) is 5.91 Å². The van der Waals surface area contributed by atoms with Crippen LogP contribution in [0.4, 0.5) is 5.69 Å². The third-order valence-electron chi connectivity index (χ3n) is 2.32. The van der Waals surface area contributed by atoms with Crippen LogP contribution in [0.1, 0.15) is 10.4 Å². The molecule has 0 fully saturated rings. The smallest absolute Gasteiger partial charge is 0.252 e. The fraction of sp³-hybridized carbons (Fsp3) is 0.182. The van der Waals surface area contributed by atoms with E-state index in [-0.39, 0.29) is 0 Å². The van der Waals surface area contributed by atoms with Crippen molar-refractivity contribution < 1.29 is 14.3 Å². The standard InChI is InChI=1S/C11H12N2O3/c1-15-10-8(11(12)14)3-2-4-9(10)13-5-6-16-7-13/h2-6H,7H2,1H3,(H2,12,14). The summed E-state index contributed by atoms with van der Waals surface area (Å²) in [5, 5.41) is 0. The Morgan fingerprint density at radius 2 is 2.38 bits per heavy atom. The number of carbonyl (C=O) groups excluding carboxylic acids is 1. The summed E-state index contributed by atoms with van der Waals surface area (Å²) >= 11 is 0. The van der Waals surface area contributed by atoms with Crippen LogP contribution < -0.4 is 15.4 Å². The van der Waals surface area contributed by atoms with Crippen molar-refractivity contribution in [1.29, 1.82) is 0 Å². The van der Waals surface area contributed by atoms with Crippen molar-refractivity contribution in [2.45, 2.75) is 0 Å². The lowest BCUT2D eigenvalue weighted by molar-refractivity contribution is 0.0997. The van der Waals surface area contributed by atoms with Crippen molar-refractivity contribution in [1.82, 2.24) is 0 Å². The second kappa shape index (κ2) is 4.14. The van der Waals surface area contributed by atoms with Crippen LogP contribution in [0.15, 0.2) is 30.7 Å². The lowest BCUT2D eigenvalue weighted by Gasteiger charge is -2.18. The van der Waals surface area contributed by atoms with E-state index in [1.54, 1.807) is 24.6 Å². The molecule has 1 aromatic carbocycles. The monoisotopic (exact) mass is 220 g/mol. The zero-order valence-corrected chi connectivity index (χ0v) is 8.84. The highest BCUT2D eigenvalue weighted by Gasteiger charge is 2.18. The first kappa shape index (κ1) is 10.4. The van der Waals surface area contributed by atoms with E-state index in [1.165, 1.54) is 7.11 Å². The minimum absolute atomic E-state index is 0.361.